The number of fused-ring (bicyclic) bond motifs is 1. The van der Waals surface area contributed by atoms with Gasteiger partial charge in [-0.15, -0.1) is 0 Å². The van der Waals surface area contributed by atoms with Gasteiger partial charge in [0.15, 0.2) is 0 Å². The molecular weight excluding hydrogens is 276 g/mol. The smallest absolute Gasteiger partial charge is 0.269 e. The molecule has 0 aromatic heterocycles. The summed E-state index contributed by atoms with van der Waals surface area (Å²) in [5, 5.41) is 0. The zero-order valence-electron chi connectivity index (χ0n) is 12.3. The molecule has 0 fully saturated rings. The maximum Gasteiger partial charge on any atom is 0.269 e. The predicted molar refractivity (Wildman–Crippen MR) is 84.2 cm³/mol. The quantitative estimate of drug-likeness (QED) is 0.852. The number of nitrogens with one attached hydrogen (secondary N) is 2. The molecule has 0 saturated carbocycles. The van der Waals surface area contributed by atoms with Crippen molar-refractivity contribution < 1.29 is 9.59 Å². The van der Waals surface area contributed by atoms with Crippen molar-refractivity contribution in [2.75, 3.05) is 0 Å². The molecular formula is C18H18N2O2. The minimum Gasteiger partial charge on any atom is -0.273 e. The van der Waals surface area contributed by atoms with Crippen LogP contribution in [-0.4, -0.2) is 11.8 Å². The van der Waals surface area contributed by atoms with Crippen LogP contribution in [0.5, 0.6) is 0 Å². The topological polar surface area (TPSA) is 58.2 Å². The number of benzene rings is 2. The maximum atomic E-state index is 11.9. The third-order valence-corrected chi connectivity index (χ3v) is 3.88. The molecule has 2 amide bonds. The Bertz CT molecular complexity index is 695. The van der Waals surface area contributed by atoms with E-state index in [0.29, 0.717) is 5.56 Å². The highest BCUT2D eigenvalue weighted by Crippen LogP contribution is 2.22. The molecule has 22 heavy (non-hydrogen) atoms. The summed E-state index contributed by atoms with van der Waals surface area (Å²) < 4.78 is 0. The Balaban J connectivity index is 1.53. The fourth-order valence-corrected chi connectivity index (χ4v) is 2.75. The van der Waals surface area contributed by atoms with E-state index in [1.807, 2.05) is 12.1 Å². The van der Waals surface area contributed by atoms with Crippen LogP contribution in [0, 0.1) is 0 Å². The second-order valence-corrected chi connectivity index (χ2v) is 5.50. The summed E-state index contributed by atoms with van der Waals surface area (Å²) in [7, 11) is 0. The van der Waals surface area contributed by atoms with Gasteiger partial charge < -0.3 is 0 Å². The van der Waals surface area contributed by atoms with Crippen LogP contribution >= 0.6 is 0 Å². The van der Waals surface area contributed by atoms with Gasteiger partial charge in [0, 0.05) is 5.56 Å². The van der Waals surface area contributed by atoms with E-state index >= 15 is 0 Å². The van der Waals surface area contributed by atoms with E-state index in [1.54, 1.807) is 24.3 Å². The Morgan fingerprint density at radius 2 is 1.68 bits per heavy atom. The highest BCUT2D eigenvalue weighted by Gasteiger charge is 2.12. The van der Waals surface area contributed by atoms with Crippen LogP contribution in [0.1, 0.15) is 33.5 Å². The Kier molecular flexibility index (Phi) is 4.19. The number of rotatable bonds is 3. The zero-order valence-corrected chi connectivity index (χ0v) is 12.3. The first-order valence-corrected chi connectivity index (χ1v) is 7.47. The molecule has 3 rings (SSSR count). The molecule has 0 atom stereocenters. The van der Waals surface area contributed by atoms with Crippen molar-refractivity contribution in [3.63, 3.8) is 0 Å². The van der Waals surface area contributed by atoms with Crippen molar-refractivity contribution in [3.8, 4) is 0 Å². The molecule has 0 bridgehead atoms. The largest absolute Gasteiger partial charge is 0.273 e. The molecule has 0 heterocycles. The van der Waals surface area contributed by atoms with Crippen LogP contribution in [0.15, 0.2) is 48.5 Å². The number of carbonyl (C=O) groups excluding carboxylic acids is 2. The summed E-state index contributed by atoms with van der Waals surface area (Å²) in [5.41, 5.74) is 9.12. The lowest BCUT2D eigenvalue weighted by atomic mass is 10.0. The minimum atomic E-state index is -0.317. The van der Waals surface area contributed by atoms with Crippen molar-refractivity contribution in [1.82, 2.24) is 10.9 Å². The standard InChI is InChI=1S/C18H18N2O2/c21-17(19-20-18(22)15-5-2-1-3-6-15)12-13-9-10-14-7-4-8-16(14)11-13/h1-3,5-6,9-11H,4,7-8,12H2,(H,19,21)(H,20,22). The lowest BCUT2D eigenvalue weighted by molar-refractivity contribution is -0.121. The van der Waals surface area contributed by atoms with Crippen LogP contribution in [-0.2, 0) is 24.1 Å². The van der Waals surface area contributed by atoms with Gasteiger partial charge >= 0.3 is 0 Å². The van der Waals surface area contributed by atoms with E-state index in [-0.39, 0.29) is 18.2 Å². The van der Waals surface area contributed by atoms with Gasteiger partial charge in [-0.1, -0.05) is 36.4 Å². The first-order chi connectivity index (χ1) is 10.7. The maximum absolute atomic E-state index is 11.9. The van der Waals surface area contributed by atoms with E-state index in [0.717, 1.165) is 18.4 Å². The Morgan fingerprint density at radius 1 is 0.909 bits per heavy atom. The number of hydrazine groups is 1. The first-order valence-electron chi connectivity index (χ1n) is 7.47. The van der Waals surface area contributed by atoms with Crippen LogP contribution in [0.25, 0.3) is 0 Å². The molecule has 0 aliphatic heterocycles. The third kappa shape index (κ3) is 3.34. The summed E-state index contributed by atoms with van der Waals surface area (Å²) in [6.45, 7) is 0. The highest BCUT2D eigenvalue weighted by atomic mass is 16.2. The number of hydrogen-bond acceptors (Lipinski definition) is 2. The molecule has 2 aromatic rings. The third-order valence-electron chi connectivity index (χ3n) is 3.88. The average molecular weight is 294 g/mol. The van der Waals surface area contributed by atoms with E-state index in [2.05, 4.69) is 23.0 Å². The van der Waals surface area contributed by atoms with Gasteiger partial charge in [-0.25, -0.2) is 0 Å². The molecule has 1 aliphatic rings. The lowest BCUT2D eigenvalue weighted by Crippen LogP contribution is -2.42. The molecule has 4 nitrogen and oxygen atoms in total. The van der Waals surface area contributed by atoms with Crippen molar-refractivity contribution in [2.45, 2.75) is 25.7 Å². The first kappa shape index (κ1) is 14.3. The fourth-order valence-electron chi connectivity index (χ4n) is 2.75. The van der Waals surface area contributed by atoms with E-state index in [4.69, 9.17) is 0 Å². The molecule has 112 valence electrons. The average Bonchev–Trinajstić information content (AvgIpc) is 3.01. The minimum absolute atomic E-state index is 0.220. The van der Waals surface area contributed by atoms with Crippen molar-refractivity contribution in [1.29, 1.82) is 0 Å². The lowest BCUT2D eigenvalue weighted by Gasteiger charge is -2.08. The molecule has 1 aliphatic carbocycles. The second-order valence-electron chi connectivity index (χ2n) is 5.50. The summed E-state index contributed by atoms with van der Waals surface area (Å²) in [4.78, 5) is 23.8. The van der Waals surface area contributed by atoms with Gasteiger partial charge in [-0.2, -0.15) is 0 Å². The second kappa shape index (κ2) is 6.43. The molecule has 2 aromatic carbocycles. The normalized spacial score (nSPS) is 12.5. The molecule has 0 radical (unpaired) electrons. The Morgan fingerprint density at radius 3 is 2.50 bits per heavy atom. The summed E-state index contributed by atoms with van der Waals surface area (Å²) >= 11 is 0. The van der Waals surface area contributed by atoms with Gasteiger partial charge in [0.25, 0.3) is 5.91 Å². The van der Waals surface area contributed by atoms with E-state index in [1.165, 1.54) is 17.5 Å². The number of aryl methyl sites for hydroxylation is 2. The molecule has 0 spiro atoms. The van der Waals surface area contributed by atoms with Crippen molar-refractivity contribution in [2.24, 2.45) is 0 Å². The summed E-state index contributed by atoms with van der Waals surface area (Å²) in [6.07, 6.45) is 3.69. The van der Waals surface area contributed by atoms with Gasteiger partial charge in [0.05, 0.1) is 6.42 Å². The molecule has 4 heteroatoms. The van der Waals surface area contributed by atoms with Crippen LogP contribution in [0.4, 0.5) is 0 Å². The fraction of sp³-hybridized carbons (Fsp3) is 0.222. The highest BCUT2D eigenvalue weighted by molar-refractivity contribution is 5.95. The molecule has 0 unspecified atom stereocenters. The zero-order chi connectivity index (χ0) is 15.4. The van der Waals surface area contributed by atoms with Gasteiger partial charge in [0.2, 0.25) is 5.91 Å². The van der Waals surface area contributed by atoms with Crippen LogP contribution < -0.4 is 10.9 Å². The molecule has 2 N–H and O–H groups in total. The monoisotopic (exact) mass is 294 g/mol. The predicted octanol–water partition coefficient (Wildman–Crippen LogP) is 2.18. The summed E-state index contributed by atoms with van der Waals surface area (Å²) in [6, 6.07) is 15.0. The van der Waals surface area contributed by atoms with Crippen molar-refractivity contribution >= 4 is 11.8 Å². The van der Waals surface area contributed by atoms with Crippen LogP contribution in [0.3, 0.4) is 0 Å². The van der Waals surface area contributed by atoms with E-state index in [9.17, 15) is 9.59 Å². The van der Waals surface area contributed by atoms with E-state index < -0.39 is 0 Å². The molecule has 0 saturated heterocycles. The Hall–Kier alpha value is -2.62. The SMILES string of the molecule is O=C(Cc1ccc2c(c1)CCC2)NNC(=O)c1ccccc1. The number of amides is 2. The van der Waals surface area contributed by atoms with Gasteiger partial charge in [-0.05, 0) is 48.1 Å². The number of hydrogen-bond donors (Lipinski definition) is 2. The van der Waals surface area contributed by atoms with Crippen molar-refractivity contribution in [3.05, 3.63) is 70.8 Å². The summed E-state index contributed by atoms with van der Waals surface area (Å²) in [5.74, 6) is -0.537. The van der Waals surface area contributed by atoms with Crippen LogP contribution in [0.2, 0.25) is 0 Å². The van der Waals surface area contributed by atoms with Gasteiger partial charge in [-0.3, -0.25) is 20.4 Å². The Labute approximate surface area is 129 Å². The number of carbonyl (C=O) groups is 2. The van der Waals surface area contributed by atoms with Gasteiger partial charge in [0.1, 0.15) is 0 Å².